The smallest absolute Gasteiger partial charge is 0.264 e. The summed E-state index contributed by atoms with van der Waals surface area (Å²) in [5, 5.41) is 13.1. The van der Waals surface area contributed by atoms with Crippen molar-refractivity contribution >= 4 is 57.2 Å². The molecule has 0 spiro atoms. The topological polar surface area (TPSA) is 61.7 Å². The van der Waals surface area contributed by atoms with E-state index >= 15 is 0 Å². The summed E-state index contributed by atoms with van der Waals surface area (Å²) in [6.45, 7) is 0. The van der Waals surface area contributed by atoms with E-state index in [0.717, 1.165) is 9.26 Å². The highest BCUT2D eigenvalue weighted by molar-refractivity contribution is 14.1. The first-order valence-corrected chi connectivity index (χ1v) is 8.34. The zero-order chi connectivity index (χ0) is 15.5. The molecule has 0 aromatic heterocycles. The number of hydrogen-bond donors (Lipinski definition) is 2. The first kappa shape index (κ1) is 15.1. The van der Waals surface area contributed by atoms with Crippen LogP contribution in [0.2, 0.25) is 0 Å². The Morgan fingerprint density at radius 3 is 2.73 bits per heavy atom. The van der Waals surface area contributed by atoms with Crippen LogP contribution in [0.15, 0.2) is 58.4 Å². The van der Waals surface area contributed by atoms with Crippen molar-refractivity contribution in [2.45, 2.75) is 0 Å². The first-order valence-electron chi connectivity index (χ1n) is 6.45. The van der Waals surface area contributed by atoms with Gasteiger partial charge in [-0.25, -0.2) is 4.99 Å². The zero-order valence-electron chi connectivity index (χ0n) is 11.3. The van der Waals surface area contributed by atoms with Gasteiger partial charge in [0.2, 0.25) is 0 Å². The van der Waals surface area contributed by atoms with Crippen LogP contribution in [0, 0.1) is 3.57 Å². The maximum absolute atomic E-state index is 12.0. The monoisotopic (exact) mass is 422 g/mol. The van der Waals surface area contributed by atoms with Gasteiger partial charge in [0.25, 0.3) is 5.91 Å². The molecular weight excluding hydrogens is 411 g/mol. The molecule has 22 heavy (non-hydrogen) atoms. The quantitative estimate of drug-likeness (QED) is 0.571. The standard InChI is InChI=1S/C16H11IN2O2S/c17-11-6-7-13(20)10(8-11)9-14-15(21)19-16(22-14)18-12-4-2-1-3-5-12/h1-9,20H,(H,18,19,21). The van der Waals surface area contributed by atoms with Crippen molar-refractivity contribution < 1.29 is 9.90 Å². The molecule has 0 aliphatic carbocycles. The normalized spacial score (nSPS) is 18.0. The molecule has 0 unspecified atom stereocenters. The molecule has 0 saturated carbocycles. The van der Waals surface area contributed by atoms with Crippen molar-refractivity contribution in [1.82, 2.24) is 5.32 Å². The van der Waals surface area contributed by atoms with Gasteiger partial charge in [-0.2, -0.15) is 0 Å². The van der Waals surface area contributed by atoms with Crippen molar-refractivity contribution in [1.29, 1.82) is 0 Å². The summed E-state index contributed by atoms with van der Waals surface area (Å²) in [6, 6.07) is 14.7. The molecule has 4 nitrogen and oxygen atoms in total. The lowest BCUT2D eigenvalue weighted by molar-refractivity contribution is -0.115. The number of carbonyl (C=O) groups is 1. The summed E-state index contributed by atoms with van der Waals surface area (Å²) < 4.78 is 0.990. The molecule has 1 heterocycles. The van der Waals surface area contributed by atoms with E-state index in [9.17, 15) is 9.90 Å². The molecule has 110 valence electrons. The third kappa shape index (κ3) is 3.50. The minimum Gasteiger partial charge on any atom is -0.507 e. The number of phenolic OH excluding ortho intramolecular Hbond substituents is 1. The van der Waals surface area contributed by atoms with Gasteiger partial charge in [0, 0.05) is 9.13 Å². The zero-order valence-corrected chi connectivity index (χ0v) is 14.3. The molecule has 1 amide bonds. The van der Waals surface area contributed by atoms with E-state index in [-0.39, 0.29) is 11.7 Å². The lowest BCUT2D eigenvalue weighted by Gasteiger charge is -2.00. The van der Waals surface area contributed by atoms with Crippen LogP contribution in [0.5, 0.6) is 5.75 Å². The Morgan fingerprint density at radius 2 is 1.95 bits per heavy atom. The summed E-state index contributed by atoms with van der Waals surface area (Å²) >= 11 is 3.42. The Hall–Kier alpha value is -1.80. The number of amides is 1. The van der Waals surface area contributed by atoms with Crippen molar-refractivity contribution in [3.05, 3.63) is 62.6 Å². The van der Waals surface area contributed by atoms with E-state index in [2.05, 4.69) is 32.9 Å². The molecule has 2 N–H and O–H groups in total. The number of thioether (sulfide) groups is 1. The number of phenols is 1. The molecule has 6 heteroatoms. The summed E-state index contributed by atoms with van der Waals surface area (Å²) in [6.07, 6.45) is 1.67. The summed E-state index contributed by atoms with van der Waals surface area (Å²) in [7, 11) is 0. The molecule has 0 bridgehead atoms. The number of aromatic hydroxyl groups is 1. The number of benzene rings is 2. The molecule has 1 fully saturated rings. The lowest BCUT2D eigenvalue weighted by Crippen LogP contribution is -2.19. The van der Waals surface area contributed by atoms with Gasteiger partial charge < -0.3 is 10.4 Å². The van der Waals surface area contributed by atoms with Crippen LogP contribution in [-0.2, 0) is 4.79 Å². The van der Waals surface area contributed by atoms with Crippen LogP contribution in [0.3, 0.4) is 0 Å². The SMILES string of the molecule is O=C1NC(=Nc2ccccc2)SC1=Cc1cc(I)ccc1O. The van der Waals surface area contributed by atoms with Crippen LogP contribution in [0.1, 0.15) is 5.56 Å². The minimum absolute atomic E-state index is 0.148. The van der Waals surface area contributed by atoms with Gasteiger partial charge >= 0.3 is 0 Å². The third-order valence-corrected chi connectivity index (χ3v) is 4.49. The fourth-order valence-corrected chi connectivity index (χ4v) is 3.23. The Kier molecular flexibility index (Phi) is 4.49. The lowest BCUT2D eigenvalue weighted by atomic mass is 10.2. The Labute approximate surface area is 145 Å². The number of nitrogens with zero attached hydrogens (tertiary/aromatic N) is 1. The predicted molar refractivity (Wildman–Crippen MR) is 98.1 cm³/mol. The van der Waals surface area contributed by atoms with Crippen LogP contribution in [0.25, 0.3) is 6.08 Å². The number of hydrogen-bond acceptors (Lipinski definition) is 4. The van der Waals surface area contributed by atoms with E-state index < -0.39 is 0 Å². The maximum Gasteiger partial charge on any atom is 0.264 e. The molecule has 0 atom stereocenters. The number of rotatable bonds is 2. The van der Waals surface area contributed by atoms with Gasteiger partial charge in [0.05, 0.1) is 10.6 Å². The highest BCUT2D eigenvalue weighted by atomic mass is 127. The number of nitrogens with one attached hydrogen (secondary N) is 1. The Morgan fingerprint density at radius 1 is 1.18 bits per heavy atom. The van der Waals surface area contributed by atoms with Crippen molar-refractivity contribution in [2.75, 3.05) is 0 Å². The maximum atomic E-state index is 12.0. The second-order valence-electron chi connectivity index (χ2n) is 4.52. The molecular formula is C16H11IN2O2S. The summed E-state index contributed by atoms with van der Waals surface area (Å²) in [5.74, 6) is -0.0623. The molecule has 1 aliphatic heterocycles. The number of aliphatic imine (C=N–C) groups is 1. The number of carbonyl (C=O) groups excluding carboxylic acids is 1. The molecule has 2 aromatic carbocycles. The van der Waals surface area contributed by atoms with Gasteiger partial charge in [-0.1, -0.05) is 18.2 Å². The van der Waals surface area contributed by atoms with Crippen LogP contribution in [0.4, 0.5) is 5.69 Å². The summed E-state index contributed by atoms with van der Waals surface area (Å²) in [4.78, 5) is 16.9. The van der Waals surface area contributed by atoms with E-state index in [1.807, 2.05) is 42.5 Å². The minimum atomic E-state index is -0.210. The molecule has 2 aromatic rings. The average molecular weight is 422 g/mol. The average Bonchev–Trinajstić information content (AvgIpc) is 2.84. The highest BCUT2D eigenvalue weighted by Gasteiger charge is 2.24. The number of para-hydroxylation sites is 1. The van der Waals surface area contributed by atoms with Gasteiger partial charge in [-0.05, 0) is 70.8 Å². The van der Waals surface area contributed by atoms with E-state index in [1.165, 1.54) is 11.8 Å². The Bertz CT molecular complexity index is 788. The van der Waals surface area contributed by atoms with Crippen LogP contribution < -0.4 is 5.32 Å². The van der Waals surface area contributed by atoms with E-state index in [1.54, 1.807) is 12.1 Å². The van der Waals surface area contributed by atoms with Crippen molar-refractivity contribution in [3.8, 4) is 5.75 Å². The van der Waals surface area contributed by atoms with E-state index in [4.69, 9.17) is 0 Å². The summed E-state index contributed by atoms with van der Waals surface area (Å²) in [5.41, 5.74) is 1.40. The second-order valence-corrected chi connectivity index (χ2v) is 6.80. The molecule has 3 rings (SSSR count). The van der Waals surface area contributed by atoms with Crippen LogP contribution in [-0.4, -0.2) is 16.2 Å². The fraction of sp³-hybridized carbons (Fsp3) is 0. The first-order chi connectivity index (χ1) is 10.6. The van der Waals surface area contributed by atoms with Crippen LogP contribution >= 0.6 is 34.4 Å². The van der Waals surface area contributed by atoms with E-state index in [0.29, 0.717) is 15.6 Å². The van der Waals surface area contributed by atoms with Gasteiger partial charge in [-0.3, -0.25) is 4.79 Å². The van der Waals surface area contributed by atoms with Gasteiger partial charge in [0.15, 0.2) is 5.17 Å². The molecule has 1 saturated heterocycles. The number of amidine groups is 1. The van der Waals surface area contributed by atoms with Gasteiger partial charge in [0.1, 0.15) is 5.75 Å². The molecule has 1 aliphatic rings. The fourth-order valence-electron chi connectivity index (χ4n) is 1.88. The Balaban J connectivity index is 1.87. The highest BCUT2D eigenvalue weighted by Crippen LogP contribution is 2.30. The largest absolute Gasteiger partial charge is 0.507 e. The third-order valence-electron chi connectivity index (χ3n) is 2.91. The van der Waals surface area contributed by atoms with Crippen molar-refractivity contribution in [2.24, 2.45) is 4.99 Å². The predicted octanol–water partition coefficient (Wildman–Crippen LogP) is 3.89. The van der Waals surface area contributed by atoms with Crippen molar-refractivity contribution in [3.63, 3.8) is 0 Å². The van der Waals surface area contributed by atoms with Gasteiger partial charge in [-0.15, -0.1) is 0 Å². The number of halogens is 1. The molecule has 0 radical (unpaired) electrons. The second kappa shape index (κ2) is 6.53.